The zero-order valence-corrected chi connectivity index (χ0v) is 12.8. The van der Waals surface area contributed by atoms with Gasteiger partial charge in [-0.15, -0.1) is 0 Å². The smallest absolute Gasteiger partial charge is 0.254 e. The molecule has 2 rings (SSSR count). The first-order valence-electron chi connectivity index (χ1n) is 5.20. The first-order valence-corrected chi connectivity index (χ1v) is 6.75. The zero-order chi connectivity index (χ0) is 14.2. The van der Waals surface area contributed by atoms with E-state index in [-0.39, 0.29) is 16.0 Å². The van der Waals surface area contributed by atoms with Crippen LogP contribution in [0.2, 0.25) is 10.4 Å². The van der Waals surface area contributed by atoms with Gasteiger partial charge in [-0.05, 0) is 30.2 Å². The molecule has 98 valence electrons. The van der Waals surface area contributed by atoms with Gasteiger partial charge in [0, 0.05) is 10.0 Å². The van der Waals surface area contributed by atoms with Gasteiger partial charge in [0.05, 0.1) is 5.69 Å². The highest BCUT2D eigenvalue weighted by Crippen LogP contribution is 2.34. The number of carbonyl (C=O) groups is 1. The van der Waals surface area contributed by atoms with Crippen molar-refractivity contribution in [2.75, 3.05) is 0 Å². The number of aryl methyl sites for hydroxylation is 1. The predicted octanol–water partition coefficient (Wildman–Crippen LogP) is 3.62. The van der Waals surface area contributed by atoms with E-state index in [9.17, 15) is 4.79 Å². The van der Waals surface area contributed by atoms with Gasteiger partial charge in [0.25, 0.3) is 5.91 Å². The van der Waals surface area contributed by atoms with Gasteiger partial charge in [-0.3, -0.25) is 4.79 Å². The number of nitrogens with zero attached hydrogens (tertiary/aromatic N) is 2. The molecular formula is C12H8BrCl2N3O. The molecule has 0 saturated heterocycles. The Labute approximate surface area is 128 Å². The summed E-state index contributed by atoms with van der Waals surface area (Å²) in [5.74, 6) is -0.702. The molecule has 1 aromatic heterocycles. The second kappa shape index (κ2) is 5.45. The van der Waals surface area contributed by atoms with Crippen molar-refractivity contribution in [2.24, 2.45) is 5.73 Å². The van der Waals surface area contributed by atoms with E-state index in [2.05, 4.69) is 25.9 Å². The normalized spacial score (nSPS) is 10.5. The fourth-order valence-corrected chi connectivity index (χ4v) is 2.87. The minimum Gasteiger partial charge on any atom is -0.365 e. The van der Waals surface area contributed by atoms with Crippen LogP contribution >= 0.6 is 39.1 Å². The molecular weight excluding hydrogens is 353 g/mol. The molecule has 1 heterocycles. The Morgan fingerprint density at radius 1 is 1.32 bits per heavy atom. The van der Waals surface area contributed by atoms with E-state index in [1.165, 1.54) is 0 Å². The molecule has 7 heteroatoms. The van der Waals surface area contributed by atoms with Crippen molar-refractivity contribution in [1.82, 2.24) is 9.97 Å². The number of amides is 1. The number of benzene rings is 1. The SMILES string of the molecule is Cc1cccc(Br)c1-c1nc(Cl)nc(Cl)c1C(N)=O. The van der Waals surface area contributed by atoms with E-state index in [1.54, 1.807) is 0 Å². The first kappa shape index (κ1) is 14.2. The maximum absolute atomic E-state index is 11.5. The highest BCUT2D eigenvalue weighted by Gasteiger charge is 2.21. The summed E-state index contributed by atoms with van der Waals surface area (Å²) in [6.07, 6.45) is 0. The molecule has 2 aromatic rings. The highest BCUT2D eigenvalue weighted by molar-refractivity contribution is 9.10. The number of aromatic nitrogens is 2. The van der Waals surface area contributed by atoms with Crippen LogP contribution < -0.4 is 5.73 Å². The molecule has 0 spiro atoms. The average Bonchev–Trinajstić information content (AvgIpc) is 2.26. The summed E-state index contributed by atoms with van der Waals surface area (Å²) >= 11 is 15.2. The fraction of sp³-hybridized carbons (Fsp3) is 0.0833. The van der Waals surface area contributed by atoms with Gasteiger partial charge in [-0.25, -0.2) is 9.97 Å². The summed E-state index contributed by atoms with van der Waals surface area (Å²) in [7, 11) is 0. The van der Waals surface area contributed by atoms with E-state index in [0.29, 0.717) is 11.3 Å². The molecule has 2 N–H and O–H groups in total. The number of halogens is 3. The van der Waals surface area contributed by atoms with Gasteiger partial charge in [-0.1, -0.05) is 39.7 Å². The van der Waals surface area contributed by atoms with E-state index in [0.717, 1.165) is 10.0 Å². The van der Waals surface area contributed by atoms with Crippen molar-refractivity contribution in [3.05, 3.63) is 44.2 Å². The Morgan fingerprint density at radius 2 is 2.00 bits per heavy atom. The summed E-state index contributed by atoms with van der Waals surface area (Å²) in [5, 5.41) is -0.0993. The lowest BCUT2D eigenvalue weighted by atomic mass is 10.0. The first-order chi connectivity index (χ1) is 8.91. The van der Waals surface area contributed by atoms with Gasteiger partial charge >= 0.3 is 0 Å². The number of hydrogen-bond donors (Lipinski definition) is 1. The molecule has 0 atom stereocenters. The van der Waals surface area contributed by atoms with Gasteiger partial charge in [-0.2, -0.15) is 0 Å². The minimum absolute atomic E-state index is 0.0415. The minimum atomic E-state index is -0.702. The average molecular weight is 361 g/mol. The van der Waals surface area contributed by atoms with Gasteiger partial charge in [0.1, 0.15) is 10.7 Å². The summed E-state index contributed by atoms with van der Waals surface area (Å²) in [4.78, 5) is 19.4. The molecule has 0 bridgehead atoms. The Hall–Kier alpha value is -1.17. The summed E-state index contributed by atoms with van der Waals surface area (Å²) in [6.45, 7) is 1.88. The molecule has 0 fully saturated rings. The number of primary amides is 1. The zero-order valence-electron chi connectivity index (χ0n) is 9.75. The Bertz CT molecular complexity index is 656. The largest absolute Gasteiger partial charge is 0.365 e. The van der Waals surface area contributed by atoms with Crippen LogP contribution in [-0.2, 0) is 0 Å². The van der Waals surface area contributed by atoms with E-state index < -0.39 is 5.91 Å². The number of nitrogens with two attached hydrogens (primary N) is 1. The molecule has 0 saturated carbocycles. The lowest BCUT2D eigenvalue weighted by Gasteiger charge is -2.12. The van der Waals surface area contributed by atoms with Gasteiger partial charge < -0.3 is 5.73 Å². The Morgan fingerprint density at radius 3 is 2.58 bits per heavy atom. The molecule has 19 heavy (non-hydrogen) atoms. The Balaban J connectivity index is 2.85. The van der Waals surface area contributed by atoms with Crippen molar-refractivity contribution in [3.63, 3.8) is 0 Å². The van der Waals surface area contributed by atoms with Crippen LogP contribution in [0.15, 0.2) is 22.7 Å². The molecule has 0 aliphatic heterocycles. The number of hydrogen-bond acceptors (Lipinski definition) is 3. The third kappa shape index (κ3) is 2.73. The van der Waals surface area contributed by atoms with Crippen LogP contribution in [0.25, 0.3) is 11.3 Å². The van der Waals surface area contributed by atoms with Crippen LogP contribution in [0.1, 0.15) is 15.9 Å². The summed E-state index contributed by atoms with van der Waals surface area (Å²) < 4.78 is 0.765. The maximum atomic E-state index is 11.5. The summed E-state index contributed by atoms with van der Waals surface area (Å²) in [6, 6.07) is 5.59. The molecule has 0 aliphatic rings. The number of rotatable bonds is 2. The van der Waals surface area contributed by atoms with E-state index in [1.807, 2.05) is 25.1 Å². The van der Waals surface area contributed by atoms with Crippen molar-refractivity contribution in [2.45, 2.75) is 6.92 Å². The van der Waals surface area contributed by atoms with Crippen molar-refractivity contribution in [1.29, 1.82) is 0 Å². The van der Waals surface area contributed by atoms with Crippen LogP contribution in [0.3, 0.4) is 0 Å². The monoisotopic (exact) mass is 359 g/mol. The quantitative estimate of drug-likeness (QED) is 0.656. The lowest BCUT2D eigenvalue weighted by molar-refractivity contribution is 0.100. The van der Waals surface area contributed by atoms with Crippen LogP contribution in [0, 0.1) is 6.92 Å². The Kier molecular flexibility index (Phi) is 4.08. The topological polar surface area (TPSA) is 68.9 Å². The second-order valence-corrected chi connectivity index (χ2v) is 5.35. The molecule has 1 aromatic carbocycles. The van der Waals surface area contributed by atoms with Crippen molar-refractivity contribution >= 4 is 45.0 Å². The van der Waals surface area contributed by atoms with Crippen LogP contribution in [0.4, 0.5) is 0 Å². The third-order valence-electron chi connectivity index (χ3n) is 2.54. The van der Waals surface area contributed by atoms with Gasteiger partial charge in [0.2, 0.25) is 5.28 Å². The van der Waals surface area contributed by atoms with Crippen molar-refractivity contribution in [3.8, 4) is 11.3 Å². The molecule has 0 aliphatic carbocycles. The molecule has 0 unspecified atom stereocenters. The van der Waals surface area contributed by atoms with Crippen molar-refractivity contribution < 1.29 is 4.79 Å². The second-order valence-electron chi connectivity index (χ2n) is 3.80. The molecule has 0 radical (unpaired) electrons. The predicted molar refractivity (Wildman–Crippen MR) is 78.4 cm³/mol. The lowest BCUT2D eigenvalue weighted by Crippen LogP contribution is -2.15. The highest BCUT2D eigenvalue weighted by atomic mass is 79.9. The molecule has 1 amide bonds. The molecule has 4 nitrogen and oxygen atoms in total. The summed E-state index contributed by atoms with van der Waals surface area (Å²) in [5.41, 5.74) is 7.34. The maximum Gasteiger partial charge on any atom is 0.254 e. The van der Waals surface area contributed by atoms with E-state index >= 15 is 0 Å². The standard InChI is InChI=1S/C12H8BrCl2N3O/c1-5-3-2-4-6(13)7(5)9-8(11(16)19)10(14)18-12(15)17-9/h2-4H,1H3,(H2,16,19). The fourth-order valence-electron chi connectivity index (χ4n) is 1.74. The third-order valence-corrected chi connectivity index (χ3v) is 3.65. The van der Waals surface area contributed by atoms with Gasteiger partial charge in [0.15, 0.2) is 0 Å². The van der Waals surface area contributed by atoms with Crippen LogP contribution in [0.5, 0.6) is 0 Å². The number of carbonyl (C=O) groups excluding carboxylic acids is 1. The van der Waals surface area contributed by atoms with E-state index in [4.69, 9.17) is 28.9 Å². The van der Waals surface area contributed by atoms with Crippen LogP contribution in [-0.4, -0.2) is 15.9 Å².